The number of amides is 3. The Morgan fingerprint density at radius 2 is 1.76 bits per heavy atom. The lowest BCUT2D eigenvalue weighted by atomic mass is 9.92. The number of aryl methyl sites for hydroxylation is 1. The monoisotopic (exact) mass is 570 g/mol. The van der Waals surface area contributed by atoms with Gasteiger partial charge in [-0.05, 0) is 74.1 Å². The molecule has 0 aliphatic carbocycles. The van der Waals surface area contributed by atoms with Gasteiger partial charge in [0.15, 0.2) is 0 Å². The van der Waals surface area contributed by atoms with E-state index in [0.717, 1.165) is 39.8 Å². The van der Waals surface area contributed by atoms with Crippen molar-refractivity contribution in [2.45, 2.75) is 32.4 Å². The van der Waals surface area contributed by atoms with Crippen molar-refractivity contribution >= 4 is 34.2 Å². The fourth-order valence-electron chi connectivity index (χ4n) is 5.75. The summed E-state index contributed by atoms with van der Waals surface area (Å²) in [6.45, 7) is 6.83. The third-order valence-corrected chi connectivity index (χ3v) is 7.93. The smallest absolute Gasteiger partial charge is 0.318 e. The molecule has 1 aliphatic heterocycles. The van der Waals surface area contributed by atoms with Gasteiger partial charge in [0.05, 0.1) is 0 Å². The zero-order chi connectivity index (χ0) is 29.8. The van der Waals surface area contributed by atoms with E-state index in [-0.39, 0.29) is 23.7 Å². The topological polar surface area (TPSA) is 83.7 Å². The number of hydrogen-bond donors (Lipinski definition) is 3. The number of carbonyl (C=O) groups is 2. The average molecular weight is 571 g/mol. The molecule has 1 aliphatic rings. The number of urea groups is 1. The van der Waals surface area contributed by atoms with E-state index in [0.29, 0.717) is 31.9 Å². The lowest BCUT2D eigenvalue weighted by Crippen LogP contribution is -2.56. The molecule has 0 bridgehead atoms. The van der Waals surface area contributed by atoms with Gasteiger partial charge in [0.1, 0.15) is 11.9 Å². The number of carbonyl (C=O) groups excluding carboxylic acids is 2. The van der Waals surface area contributed by atoms with Crippen LogP contribution in [-0.4, -0.2) is 73.0 Å². The number of rotatable bonds is 8. The Kier molecular flexibility index (Phi) is 8.77. The number of fused-ring (bicyclic) bond motifs is 1. The van der Waals surface area contributed by atoms with E-state index in [2.05, 4.69) is 25.4 Å². The first kappa shape index (κ1) is 29.1. The fraction of sp³-hybridized carbons (Fsp3) is 0.333. The molecule has 2 heterocycles. The molecule has 0 saturated carbocycles. The van der Waals surface area contributed by atoms with Crippen LogP contribution in [0.2, 0.25) is 0 Å². The summed E-state index contributed by atoms with van der Waals surface area (Å²) in [6.07, 6.45) is 1.92. The summed E-state index contributed by atoms with van der Waals surface area (Å²) in [4.78, 5) is 36.7. The number of nitrogens with zero attached hydrogens (tertiary/aromatic N) is 3. The maximum Gasteiger partial charge on any atom is 0.318 e. The first-order chi connectivity index (χ1) is 20.2. The van der Waals surface area contributed by atoms with Crippen LogP contribution in [0.3, 0.4) is 0 Å². The largest absolute Gasteiger partial charge is 0.368 e. The Balaban J connectivity index is 1.33. The van der Waals surface area contributed by atoms with E-state index in [1.807, 2.05) is 82.7 Å². The van der Waals surface area contributed by atoms with Gasteiger partial charge in [0.25, 0.3) is 0 Å². The Morgan fingerprint density at radius 1 is 1.00 bits per heavy atom. The molecular formula is C33H39FN6O2. The van der Waals surface area contributed by atoms with E-state index in [1.165, 1.54) is 12.1 Å². The molecule has 42 heavy (non-hydrogen) atoms. The average Bonchev–Trinajstić information content (AvgIpc) is 3.40. The normalized spacial score (nSPS) is 15.1. The minimum atomic E-state index is -0.813. The summed E-state index contributed by atoms with van der Waals surface area (Å²) in [5, 5.41) is 7.14. The van der Waals surface area contributed by atoms with Crippen molar-refractivity contribution in [1.82, 2.24) is 20.1 Å². The molecule has 1 saturated heterocycles. The van der Waals surface area contributed by atoms with Gasteiger partial charge in [-0.1, -0.05) is 37.3 Å². The van der Waals surface area contributed by atoms with E-state index < -0.39 is 6.04 Å². The van der Waals surface area contributed by atoms with Gasteiger partial charge < -0.3 is 30.3 Å². The number of anilines is 2. The second-order valence-corrected chi connectivity index (χ2v) is 11.3. The van der Waals surface area contributed by atoms with Crippen molar-refractivity contribution in [3.8, 4) is 0 Å². The molecule has 0 radical (unpaired) electrons. The van der Waals surface area contributed by atoms with Crippen molar-refractivity contribution in [2.75, 3.05) is 50.5 Å². The molecule has 1 fully saturated rings. The van der Waals surface area contributed by atoms with Crippen LogP contribution in [0.5, 0.6) is 0 Å². The van der Waals surface area contributed by atoms with E-state index in [4.69, 9.17) is 0 Å². The van der Waals surface area contributed by atoms with Crippen LogP contribution < -0.4 is 15.5 Å². The molecule has 3 N–H and O–H groups in total. The number of hydrogen-bond acceptors (Lipinski definition) is 4. The maximum absolute atomic E-state index is 13.8. The van der Waals surface area contributed by atoms with Gasteiger partial charge in [-0.2, -0.15) is 0 Å². The molecule has 1 aromatic heterocycles. The van der Waals surface area contributed by atoms with Crippen LogP contribution >= 0.6 is 0 Å². The maximum atomic E-state index is 13.8. The summed E-state index contributed by atoms with van der Waals surface area (Å²) in [7, 11) is 4.00. The number of H-pyrrole nitrogens is 1. The van der Waals surface area contributed by atoms with Crippen molar-refractivity contribution in [3.05, 3.63) is 95.4 Å². The third-order valence-electron chi connectivity index (χ3n) is 7.93. The fourth-order valence-corrected chi connectivity index (χ4v) is 5.75. The molecular weight excluding hydrogens is 531 g/mol. The number of para-hydroxylation sites is 1. The SMILES string of the molecule is Cc1cc(F)ccc1N1CCN(C(=O)N[C@@H](C(=O)Nc2cccc(CN(C)C)c2)[C@H](C)c2c[nH]c3ccccc23)CC1. The first-order valence-electron chi connectivity index (χ1n) is 14.4. The Labute approximate surface area is 246 Å². The Bertz CT molecular complexity index is 1560. The highest BCUT2D eigenvalue weighted by Crippen LogP contribution is 2.29. The predicted molar refractivity (Wildman–Crippen MR) is 166 cm³/mol. The summed E-state index contributed by atoms with van der Waals surface area (Å²) >= 11 is 0. The summed E-state index contributed by atoms with van der Waals surface area (Å²) in [5.41, 5.74) is 5.55. The zero-order valence-electron chi connectivity index (χ0n) is 24.7. The molecule has 0 spiro atoms. The Hall–Kier alpha value is -4.37. The highest BCUT2D eigenvalue weighted by atomic mass is 19.1. The van der Waals surface area contributed by atoms with Crippen molar-refractivity contribution in [2.24, 2.45) is 0 Å². The van der Waals surface area contributed by atoms with Gasteiger partial charge in [0, 0.05) is 67.1 Å². The molecule has 8 nitrogen and oxygen atoms in total. The lowest BCUT2D eigenvalue weighted by molar-refractivity contribution is -0.118. The van der Waals surface area contributed by atoms with Gasteiger partial charge >= 0.3 is 6.03 Å². The molecule has 220 valence electrons. The van der Waals surface area contributed by atoms with Crippen molar-refractivity contribution in [1.29, 1.82) is 0 Å². The Morgan fingerprint density at radius 3 is 2.50 bits per heavy atom. The van der Waals surface area contributed by atoms with E-state index in [1.54, 1.807) is 11.0 Å². The molecule has 4 aromatic rings. The standard InChI is InChI=1S/C33H39FN6O2/c1-22-18-25(34)12-13-30(22)39-14-16-40(17-15-39)33(42)37-31(23(2)28-20-35-29-11-6-5-10-27(28)29)32(41)36-26-9-7-8-24(19-26)21-38(3)4/h5-13,18-20,23,31,35H,14-17,21H2,1-4H3,(H,36,41)(H,37,42)/t23-,31-/m1/s1. The van der Waals surface area contributed by atoms with Crippen molar-refractivity contribution in [3.63, 3.8) is 0 Å². The van der Waals surface area contributed by atoms with E-state index in [9.17, 15) is 14.0 Å². The minimum absolute atomic E-state index is 0.257. The van der Waals surface area contributed by atoms with E-state index >= 15 is 0 Å². The van der Waals surface area contributed by atoms with Crippen LogP contribution in [0.25, 0.3) is 10.9 Å². The highest BCUT2D eigenvalue weighted by molar-refractivity contribution is 5.98. The summed E-state index contributed by atoms with van der Waals surface area (Å²) in [5.74, 6) is -0.839. The second kappa shape index (κ2) is 12.7. The lowest BCUT2D eigenvalue weighted by Gasteiger charge is -2.37. The molecule has 5 rings (SSSR count). The summed E-state index contributed by atoms with van der Waals surface area (Å²) < 4.78 is 13.6. The number of nitrogens with one attached hydrogen (secondary N) is 3. The number of aromatic amines is 1. The highest BCUT2D eigenvalue weighted by Gasteiger charge is 2.32. The van der Waals surface area contributed by atoms with Crippen molar-refractivity contribution < 1.29 is 14.0 Å². The second-order valence-electron chi connectivity index (χ2n) is 11.3. The van der Waals surface area contributed by atoms with Gasteiger partial charge in [-0.25, -0.2) is 9.18 Å². The number of aromatic nitrogens is 1. The van der Waals surface area contributed by atoms with Crippen LogP contribution in [0.1, 0.15) is 29.5 Å². The van der Waals surface area contributed by atoms with Crippen LogP contribution in [0.4, 0.5) is 20.6 Å². The van der Waals surface area contributed by atoms with Gasteiger partial charge in [0.2, 0.25) is 5.91 Å². The number of piperazine rings is 1. The van der Waals surface area contributed by atoms with Gasteiger partial charge in [-0.15, -0.1) is 0 Å². The minimum Gasteiger partial charge on any atom is -0.368 e. The molecule has 3 amide bonds. The van der Waals surface area contributed by atoms with Gasteiger partial charge in [-0.3, -0.25) is 4.79 Å². The van der Waals surface area contributed by atoms with Crippen LogP contribution in [-0.2, 0) is 11.3 Å². The first-order valence-corrected chi connectivity index (χ1v) is 14.4. The van der Waals surface area contributed by atoms with Crippen LogP contribution in [0, 0.1) is 12.7 Å². The molecule has 2 atom stereocenters. The van der Waals surface area contributed by atoms with Crippen LogP contribution in [0.15, 0.2) is 72.9 Å². The number of benzene rings is 3. The zero-order valence-corrected chi connectivity index (χ0v) is 24.7. The quantitative estimate of drug-likeness (QED) is 0.268. The molecule has 9 heteroatoms. The predicted octanol–water partition coefficient (Wildman–Crippen LogP) is 5.32. The number of halogens is 1. The molecule has 0 unspecified atom stereocenters. The summed E-state index contributed by atoms with van der Waals surface area (Å²) in [6, 6.07) is 19.4. The third kappa shape index (κ3) is 6.57. The molecule has 3 aromatic carbocycles.